The minimum atomic E-state index is 0.679. The highest BCUT2D eigenvalue weighted by Gasteiger charge is 1.97. The molecule has 1 nitrogen and oxygen atoms in total. The first-order chi connectivity index (χ1) is 6.72. The van der Waals surface area contributed by atoms with Crippen LogP contribution in [0, 0.1) is 0 Å². The lowest BCUT2D eigenvalue weighted by Gasteiger charge is -2.04. The van der Waals surface area contributed by atoms with E-state index in [2.05, 4.69) is 11.9 Å². The Bertz CT molecular complexity index is 290. The molecule has 76 valence electrons. The van der Waals surface area contributed by atoms with Gasteiger partial charge in [-0.05, 0) is 36.7 Å². The largest absolute Gasteiger partial charge is 0.312 e. The Morgan fingerprint density at radius 2 is 1.86 bits per heavy atom. The quantitative estimate of drug-likeness (QED) is 0.601. The van der Waals surface area contributed by atoms with Crippen molar-refractivity contribution in [3.63, 3.8) is 0 Å². The van der Waals surface area contributed by atoms with Crippen LogP contribution >= 0.6 is 23.2 Å². The Hall–Kier alpha value is -0.500. The van der Waals surface area contributed by atoms with Crippen LogP contribution in [0.5, 0.6) is 0 Å². The van der Waals surface area contributed by atoms with Crippen LogP contribution in [0.15, 0.2) is 30.9 Å². The van der Waals surface area contributed by atoms with Crippen molar-refractivity contribution >= 4 is 23.2 Å². The molecule has 0 atom stereocenters. The molecule has 1 aromatic carbocycles. The van der Waals surface area contributed by atoms with Crippen LogP contribution in [0.25, 0.3) is 0 Å². The molecule has 1 N–H and O–H groups in total. The SMILES string of the molecule is C=CCCNCc1cc(Cl)cc(Cl)c1. The molecule has 0 aliphatic rings. The molecule has 0 spiro atoms. The zero-order valence-electron chi connectivity index (χ0n) is 7.89. The molecule has 0 fully saturated rings. The third kappa shape index (κ3) is 4.14. The molecule has 0 aliphatic heterocycles. The third-order valence-electron chi connectivity index (χ3n) is 1.78. The number of halogens is 2. The summed E-state index contributed by atoms with van der Waals surface area (Å²) < 4.78 is 0. The van der Waals surface area contributed by atoms with Crippen LogP contribution in [0.3, 0.4) is 0 Å². The van der Waals surface area contributed by atoms with Gasteiger partial charge in [0.1, 0.15) is 0 Å². The summed E-state index contributed by atoms with van der Waals surface area (Å²) in [6, 6.07) is 5.55. The number of nitrogens with one attached hydrogen (secondary N) is 1. The Kier molecular flexibility index (Phi) is 5.02. The highest BCUT2D eigenvalue weighted by Crippen LogP contribution is 2.18. The van der Waals surface area contributed by atoms with Crippen molar-refractivity contribution in [1.29, 1.82) is 0 Å². The average Bonchev–Trinajstić information content (AvgIpc) is 2.11. The molecule has 0 aromatic heterocycles. The van der Waals surface area contributed by atoms with Crippen molar-refractivity contribution in [2.24, 2.45) is 0 Å². The van der Waals surface area contributed by atoms with Crippen LogP contribution in [0.2, 0.25) is 10.0 Å². The monoisotopic (exact) mass is 229 g/mol. The summed E-state index contributed by atoms with van der Waals surface area (Å²) in [7, 11) is 0. The minimum absolute atomic E-state index is 0.679. The molecular weight excluding hydrogens is 217 g/mol. The van der Waals surface area contributed by atoms with Crippen molar-refractivity contribution in [1.82, 2.24) is 5.32 Å². The Balaban J connectivity index is 2.46. The maximum atomic E-state index is 5.86. The molecule has 0 unspecified atom stereocenters. The normalized spacial score (nSPS) is 10.1. The fourth-order valence-electron chi connectivity index (χ4n) is 1.15. The van der Waals surface area contributed by atoms with Crippen LogP contribution in [-0.2, 0) is 6.54 Å². The molecule has 3 heteroatoms. The maximum absolute atomic E-state index is 5.86. The van der Waals surface area contributed by atoms with Gasteiger partial charge in [-0.2, -0.15) is 0 Å². The zero-order valence-corrected chi connectivity index (χ0v) is 9.41. The molecule has 1 aromatic rings. The van der Waals surface area contributed by atoms with Gasteiger partial charge in [0.2, 0.25) is 0 Å². The second-order valence-electron chi connectivity index (χ2n) is 3.03. The van der Waals surface area contributed by atoms with Crippen LogP contribution in [0.4, 0.5) is 0 Å². The smallest absolute Gasteiger partial charge is 0.0424 e. The van der Waals surface area contributed by atoms with Gasteiger partial charge >= 0.3 is 0 Å². The van der Waals surface area contributed by atoms with E-state index in [0.29, 0.717) is 10.0 Å². The molecule has 0 aliphatic carbocycles. The predicted octanol–water partition coefficient (Wildman–Crippen LogP) is 3.66. The van der Waals surface area contributed by atoms with Crippen LogP contribution in [0.1, 0.15) is 12.0 Å². The summed E-state index contributed by atoms with van der Waals surface area (Å²) in [6.07, 6.45) is 2.85. The molecule has 0 radical (unpaired) electrons. The maximum Gasteiger partial charge on any atom is 0.0424 e. The molecule has 0 amide bonds. The van der Waals surface area contributed by atoms with Gasteiger partial charge in [-0.1, -0.05) is 29.3 Å². The van der Waals surface area contributed by atoms with Gasteiger partial charge in [-0.25, -0.2) is 0 Å². The number of benzene rings is 1. The van der Waals surface area contributed by atoms with E-state index in [0.717, 1.165) is 25.1 Å². The van der Waals surface area contributed by atoms with Crippen LogP contribution in [-0.4, -0.2) is 6.54 Å². The van der Waals surface area contributed by atoms with Gasteiger partial charge in [0.05, 0.1) is 0 Å². The topological polar surface area (TPSA) is 12.0 Å². The van der Waals surface area contributed by atoms with E-state index in [4.69, 9.17) is 23.2 Å². The van der Waals surface area contributed by atoms with E-state index in [-0.39, 0.29) is 0 Å². The lowest BCUT2D eigenvalue weighted by atomic mass is 10.2. The van der Waals surface area contributed by atoms with Crippen LogP contribution < -0.4 is 5.32 Å². The molecule has 1 rings (SSSR count). The fraction of sp³-hybridized carbons (Fsp3) is 0.273. The van der Waals surface area contributed by atoms with Gasteiger partial charge in [-0.3, -0.25) is 0 Å². The van der Waals surface area contributed by atoms with E-state index in [1.54, 1.807) is 6.07 Å². The number of rotatable bonds is 5. The molecule has 0 saturated carbocycles. The first-order valence-corrected chi connectivity index (χ1v) is 5.24. The van der Waals surface area contributed by atoms with E-state index in [1.807, 2.05) is 18.2 Å². The average molecular weight is 230 g/mol. The van der Waals surface area contributed by atoms with Crippen molar-refractivity contribution in [2.45, 2.75) is 13.0 Å². The highest BCUT2D eigenvalue weighted by atomic mass is 35.5. The van der Waals surface area contributed by atoms with Crippen molar-refractivity contribution in [2.75, 3.05) is 6.54 Å². The predicted molar refractivity (Wildman–Crippen MR) is 63.0 cm³/mol. The lowest BCUT2D eigenvalue weighted by molar-refractivity contribution is 0.696. The van der Waals surface area contributed by atoms with E-state index < -0.39 is 0 Å². The molecule has 0 saturated heterocycles. The summed E-state index contributed by atoms with van der Waals surface area (Å²) in [5.74, 6) is 0. The van der Waals surface area contributed by atoms with Gasteiger partial charge in [0.25, 0.3) is 0 Å². The standard InChI is InChI=1S/C11H13Cl2N/c1-2-3-4-14-8-9-5-10(12)7-11(13)6-9/h2,5-7,14H,1,3-4,8H2. The summed E-state index contributed by atoms with van der Waals surface area (Å²) in [5.41, 5.74) is 1.10. The summed E-state index contributed by atoms with van der Waals surface area (Å²) in [4.78, 5) is 0. The molecule has 0 bridgehead atoms. The van der Waals surface area contributed by atoms with Gasteiger partial charge < -0.3 is 5.32 Å². The van der Waals surface area contributed by atoms with Crippen molar-refractivity contribution < 1.29 is 0 Å². The first kappa shape index (κ1) is 11.6. The third-order valence-corrected chi connectivity index (χ3v) is 2.21. The van der Waals surface area contributed by atoms with Crippen molar-refractivity contribution in [3.05, 3.63) is 46.5 Å². The minimum Gasteiger partial charge on any atom is -0.312 e. The van der Waals surface area contributed by atoms with E-state index in [9.17, 15) is 0 Å². The summed E-state index contributed by atoms with van der Waals surface area (Å²) in [5, 5.41) is 4.63. The summed E-state index contributed by atoms with van der Waals surface area (Å²) >= 11 is 11.7. The molecular formula is C11H13Cl2N. The first-order valence-electron chi connectivity index (χ1n) is 4.49. The van der Waals surface area contributed by atoms with Gasteiger partial charge in [-0.15, -0.1) is 6.58 Å². The second-order valence-corrected chi connectivity index (χ2v) is 3.90. The van der Waals surface area contributed by atoms with Crippen molar-refractivity contribution in [3.8, 4) is 0 Å². The molecule has 0 heterocycles. The Labute approximate surface area is 94.7 Å². The van der Waals surface area contributed by atoms with E-state index >= 15 is 0 Å². The molecule has 14 heavy (non-hydrogen) atoms. The fourth-order valence-corrected chi connectivity index (χ4v) is 1.72. The Morgan fingerprint density at radius 3 is 2.43 bits per heavy atom. The highest BCUT2D eigenvalue weighted by molar-refractivity contribution is 6.34. The van der Waals surface area contributed by atoms with Gasteiger partial charge in [0.15, 0.2) is 0 Å². The zero-order chi connectivity index (χ0) is 10.4. The summed E-state index contributed by atoms with van der Waals surface area (Å²) in [6.45, 7) is 5.36. The number of hydrogen-bond donors (Lipinski definition) is 1. The lowest BCUT2D eigenvalue weighted by Crippen LogP contribution is -2.13. The van der Waals surface area contributed by atoms with Gasteiger partial charge in [0, 0.05) is 16.6 Å². The Morgan fingerprint density at radius 1 is 1.21 bits per heavy atom. The number of hydrogen-bond acceptors (Lipinski definition) is 1. The second kappa shape index (κ2) is 6.07. The van der Waals surface area contributed by atoms with E-state index in [1.165, 1.54) is 0 Å².